The minimum atomic E-state index is -4.74. The van der Waals surface area contributed by atoms with Crippen molar-refractivity contribution in [1.82, 2.24) is 4.31 Å². The molecule has 0 atom stereocenters. The number of hydrogen-bond acceptors (Lipinski definition) is 3. The number of nitrogens with zero attached hydrogens (tertiary/aromatic N) is 1. The third-order valence-corrected chi connectivity index (χ3v) is 5.21. The molecule has 2 aromatic carbocycles. The maximum atomic E-state index is 13.0. The number of ether oxygens (including phenoxy) is 1. The highest BCUT2D eigenvalue weighted by Gasteiger charge is 2.37. The molecule has 0 saturated heterocycles. The second-order valence-corrected chi connectivity index (χ2v) is 7.00. The van der Waals surface area contributed by atoms with Crippen LogP contribution < -0.4 is 4.74 Å². The van der Waals surface area contributed by atoms with Crippen LogP contribution in [0.25, 0.3) is 0 Å². The van der Waals surface area contributed by atoms with Crippen LogP contribution in [0.2, 0.25) is 0 Å². The predicted molar refractivity (Wildman–Crippen MR) is 83.2 cm³/mol. The van der Waals surface area contributed by atoms with Crippen molar-refractivity contribution in [3.63, 3.8) is 0 Å². The lowest BCUT2D eigenvalue weighted by Crippen LogP contribution is -2.32. The van der Waals surface area contributed by atoms with Gasteiger partial charge in [-0.2, -0.15) is 17.5 Å². The van der Waals surface area contributed by atoms with Crippen molar-refractivity contribution in [2.24, 2.45) is 0 Å². The summed E-state index contributed by atoms with van der Waals surface area (Å²) < 4.78 is 70.1. The van der Waals surface area contributed by atoms with Crippen LogP contribution in [0.3, 0.4) is 0 Å². The lowest BCUT2D eigenvalue weighted by Gasteiger charge is -2.20. The molecule has 0 aliphatic rings. The van der Waals surface area contributed by atoms with E-state index in [4.69, 9.17) is 4.74 Å². The third-order valence-electron chi connectivity index (χ3n) is 3.30. The summed E-state index contributed by atoms with van der Waals surface area (Å²) in [4.78, 5) is -0.764. The highest BCUT2D eigenvalue weighted by molar-refractivity contribution is 7.89. The van der Waals surface area contributed by atoms with Gasteiger partial charge in [0, 0.05) is 13.6 Å². The highest BCUT2D eigenvalue weighted by atomic mass is 32.2. The van der Waals surface area contributed by atoms with Crippen LogP contribution in [0.5, 0.6) is 5.75 Å². The van der Waals surface area contributed by atoms with E-state index in [0.717, 1.165) is 22.5 Å². The smallest absolute Gasteiger partial charge is 0.417 e. The maximum absolute atomic E-state index is 13.0. The lowest BCUT2D eigenvalue weighted by molar-refractivity contribution is -0.139. The quantitative estimate of drug-likeness (QED) is 0.794. The fraction of sp³-hybridized carbons (Fsp3) is 0.250. The van der Waals surface area contributed by atoms with Gasteiger partial charge in [0.1, 0.15) is 12.4 Å². The van der Waals surface area contributed by atoms with Gasteiger partial charge in [-0.25, -0.2) is 8.42 Å². The molecule has 0 radical (unpaired) electrons. The van der Waals surface area contributed by atoms with Crippen molar-refractivity contribution >= 4 is 10.0 Å². The summed E-state index contributed by atoms with van der Waals surface area (Å²) in [6.45, 7) is -0.0582. The molecule has 0 amide bonds. The first-order chi connectivity index (χ1) is 11.2. The summed E-state index contributed by atoms with van der Waals surface area (Å²) >= 11 is 0. The van der Waals surface area contributed by atoms with E-state index >= 15 is 0 Å². The monoisotopic (exact) mass is 359 g/mol. The van der Waals surface area contributed by atoms with Crippen molar-refractivity contribution < 1.29 is 26.3 Å². The van der Waals surface area contributed by atoms with E-state index in [0.29, 0.717) is 5.75 Å². The van der Waals surface area contributed by atoms with Crippen molar-refractivity contribution in [2.45, 2.75) is 11.1 Å². The summed E-state index contributed by atoms with van der Waals surface area (Å²) in [5.41, 5.74) is -1.18. The zero-order chi connectivity index (χ0) is 17.8. The van der Waals surface area contributed by atoms with E-state index < -0.39 is 26.7 Å². The van der Waals surface area contributed by atoms with Gasteiger partial charge >= 0.3 is 6.18 Å². The van der Waals surface area contributed by atoms with Gasteiger partial charge in [0.15, 0.2) is 0 Å². The number of likely N-dealkylation sites (N-methyl/N-ethyl adjacent to an activating group) is 1. The molecule has 0 unspecified atom stereocenters. The summed E-state index contributed by atoms with van der Waals surface area (Å²) in [5.74, 6) is 0.555. The normalized spacial score (nSPS) is 12.4. The van der Waals surface area contributed by atoms with Crippen molar-refractivity contribution in [3.05, 3.63) is 60.2 Å². The van der Waals surface area contributed by atoms with Crippen LogP contribution in [-0.4, -0.2) is 32.9 Å². The number of para-hydroxylation sites is 1. The van der Waals surface area contributed by atoms with Gasteiger partial charge in [0.25, 0.3) is 0 Å². The summed E-state index contributed by atoms with van der Waals surface area (Å²) in [5, 5.41) is 0. The molecule has 0 fully saturated rings. The molecule has 0 aliphatic carbocycles. The van der Waals surface area contributed by atoms with Crippen LogP contribution in [0.4, 0.5) is 13.2 Å². The molecule has 2 rings (SSSR count). The summed E-state index contributed by atoms with van der Waals surface area (Å²) in [7, 11) is -3.05. The molecule has 0 heterocycles. The fourth-order valence-electron chi connectivity index (χ4n) is 2.02. The largest absolute Gasteiger partial charge is 0.492 e. The second-order valence-electron chi connectivity index (χ2n) is 4.98. The summed E-state index contributed by atoms with van der Waals surface area (Å²) in [6, 6.07) is 12.8. The molecular formula is C16H16F3NO3S. The molecular weight excluding hydrogens is 343 g/mol. The van der Waals surface area contributed by atoms with Crippen LogP contribution in [-0.2, 0) is 16.2 Å². The molecule has 4 nitrogen and oxygen atoms in total. The second kappa shape index (κ2) is 7.23. The Kier molecular flexibility index (Phi) is 5.51. The van der Waals surface area contributed by atoms with Gasteiger partial charge in [0.05, 0.1) is 10.5 Å². The Morgan fingerprint density at radius 1 is 1.00 bits per heavy atom. The fourth-order valence-corrected chi connectivity index (χ4v) is 3.39. The number of sulfonamides is 1. The first kappa shape index (κ1) is 18.3. The molecule has 0 spiro atoms. The maximum Gasteiger partial charge on any atom is 0.417 e. The zero-order valence-electron chi connectivity index (χ0n) is 12.8. The topological polar surface area (TPSA) is 46.6 Å². The Labute approximate surface area is 138 Å². The molecule has 2 aromatic rings. The Bertz CT molecular complexity index is 777. The Morgan fingerprint density at radius 2 is 1.58 bits per heavy atom. The standard InChI is InChI=1S/C16H16F3NO3S/c1-20(11-12-23-13-7-3-2-4-8-13)24(21,22)15-10-6-5-9-14(15)16(17,18)19/h2-10H,11-12H2,1H3. The molecule has 24 heavy (non-hydrogen) atoms. The minimum absolute atomic E-state index is 0.0218. The predicted octanol–water partition coefficient (Wildman–Crippen LogP) is 3.40. The van der Waals surface area contributed by atoms with Crippen molar-refractivity contribution in [1.29, 1.82) is 0 Å². The number of rotatable bonds is 6. The van der Waals surface area contributed by atoms with Gasteiger partial charge < -0.3 is 4.74 Å². The van der Waals surface area contributed by atoms with Crippen LogP contribution in [0.1, 0.15) is 5.56 Å². The molecule has 0 aliphatic heterocycles. The first-order valence-corrected chi connectivity index (χ1v) is 8.47. The van der Waals surface area contributed by atoms with E-state index in [-0.39, 0.29) is 13.2 Å². The van der Waals surface area contributed by atoms with E-state index in [1.54, 1.807) is 30.3 Å². The lowest BCUT2D eigenvalue weighted by atomic mass is 10.2. The molecule has 0 N–H and O–H groups in total. The molecule has 0 aromatic heterocycles. The molecule has 0 saturated carbocycles. The van der Waals surface area contributed by atoms with E-state index in [1.807, 2.05) is 0 Å². The Balaban J connectivity index is 2.13. The van der Waals surface area contributed by atoms with Gasteiger partial charge in [-0.1, -0.05) is 30.3 Å². The minimum Gasteiger partial charge on any atom is -0.492 e. The Hall–Kier alpha value is -2.06. The SMILES string of the molecule is CN(CCOc1ccccc1)S(=O)(=O)c1ccccc1C(F)(F)F. The number of hydrogen-bond donors (Lipinski definition) is 0. The van der Waals surface area contributed by atoms with Crippen LogP contribution in [0.15, 0.2) is 59.5 Å². The average molecular weight is 359 g/mol. The van der Waals surface area contributed by atoms with Gasteiger partial charge in [-0.3, -0.25) is 0 Å². The number of benzene rings is 2. The van der Waals surface area contributed by atoms with E-state index in [9.17, 15) is 21.6 Å². The average Bonchev–Trinajstić information content (AvgIpc) is 2.55. The van der Waals surface area contributed by atoms with Crippen LogP contribution in [0, 0.1) is 0 Å². The van der Waals surface area contributed by atoms with Gasteiger partial charge in [-0.15, -0.1) is 0 Å². The van der Waals surface area contributed by atoms with Gasteiger partial charge in [-0.05, 0) is 24.3 Å². The Morgan fingerprint density at radius 3 is 2.21 bits per heavy atom. The van der Waals surface area contributed by atoms with Gasteiger partial charge in [0.2, 0.25) is 10.0 Å². The third kappa shape index (κ3) is 4.27. The molecule has 0 bridgehead atoms. The number of halogens is 3. The molecule has 8 heteroatoms. The first-order valence-electron chi connectivity index (χ1n) is 7.03. The van der Waals surface area contributed by atoms with E-state index in [1.165, 1.54) is 13.1 Å². The number of alkyl halides is 3. The van der Waals surface area contributed by atoms with Crippen molar-refractivity contribution in [3.8, 4) is 5.75 Å². The summed E-state index contributed by atoms with van der Waals surface area (Å²) in [6.07, 6.45) is -4.74. The van der Waals surface area contributed by atoms with Crippen molar-refractivity contribution in [2.75, 3.05) is 20.2 Å². The molecule has 130 valence electrons. The van der Waals surface area contributed by atoms with E-state index in [2.05, 4.69) is 0 Å². The highest BCUT2D eigenvalue weighted by Crippen LogP contribution is 2.34. The van der Waals surface area contributed by atoms with Crippen LogP contribution >= 0.6 is 0 Å². The zero-order valence-corrected chi connectivity index (χ0v) is 13.6.